The van der Waals surface area contributed by atoms with Gasteiger partial charge in [-0.3, -0.25) is 14.5 Å². The molecule has 1 aliphatic heterocycles. The molecule has 2 aliphatic rings. The number of cyclic esters (lactones) is 1. The second kappa shape index (κ2) is 8.87. The summed E-state index contributed by atoms with van der Waals surface area (Å²) in [5, 5.41) is 14.0. The van der Waals surface area contributed by atoms with E-state index in [2.05, 4.69) is 25.8 Å². The highest BCUT2D eigenvalue weighted by Gasteiger charge is 2.45. The third-order valence-corrected chi connectivity index (χ3v) is 6.58. The maximum Gasteiger partial charge on any atom is 0.407 e. The number of nitrogens with zero attached hydrogens (tertiary/aromatic N) is 5. The van der Waals surface area contributed by atoms with Crippen LogP contribution in [0.3, 0.4) is 0 Å². The van der Waals surface area contributed by atoms with Crippen LogP contribution >= 0.6 is 0 Å². The molecule has 37 heavy (non-hydrogen) atoms. The van der Waals surface area contributed by atoms with Crippen LogP contribution in [0.15, 0.2) is 42.9 Å². The monoisotopic (exact) mass is 505 g/mol. The zero-order chi connectivity index (χ0) is 25.7. The van der Waals surface area contributed by atoms with Gasteiger partial charge in [-0.25, -0.2) is 13.7 Å². The molecule has 12 heteroatoms. The lowest BCUT2D eigenvalue weighted by Crippen LogP contribution is -2.32. The molecule has 0 unspecified atom stereocenters. The number of hydrogen-bond acceptors (Lipinski definition) is 7. The Bertz CT molecular complexity index is 1510. The van der Waals surface area contributed by atoms with Gasteiger partial charge in [-0.15, -0.1) is 5.10 Å². The second-order valence-electron chi connectivity index (χ2n) is 9.36. The van der Waals surface area contributed by atoms with Gasteiger partial charge in [0.1, 0.15) is 24.9 Å². The number of halogens is 1. The molecule has 0 radical (unpaired) electrons. The standard InChI is InChI=1S/C25H24FN7O4/c1-13-3-4-20(27-8-13)16-7-17(16)24(34)30-22-6-15-5-18(19(26)10-33(15)31-22)23-21(9-28-32(23)2)36-11-14-12-37-25(35)29-14/h3-6,8-10,14,16-17H,7,11-12H2,1-2H3,(H,29,35)(H,30,31,34)/t14-,16+,17-/m0/s1. The van der Waals surface area contributed by atoms with Crippen molar-refractivity contribution in [3.63, 3.8) is 0 Å². The number of nitrogens with one attached hydrogen (secondary N) is 2. The highest BCUT2D eigenvalue weighted by Crippen LogP contribution is 2.47. The van der Waals surface area contributed by atoms with E-state index in [1.807, 2.05) is 19.1 Å². The predicted molar refractivity (Wildman–Crippen MR) is 130 cm³/mol. The van der Waals surface area contributed by atoms with Crippen LogP contribution in [0.4, 0.5) is 15.0 Å². The summed E-state index contributed by atoms with van der Waals surface area (Å²) in [4.78, 5) is 28.5. The van der Waals surface area contributed by atoms with E-state index >= 15 is 4.39 Å². The molecule has 2 amide bonds. The van der Waals surface area contributed by atoms with Crippen molar-refractivity contribution < 1.29 is 23.5 Å². The van der Waals surface area contributed by atoms with E-state index < -0.39 is 11.9 Å². The lowest BCUT2D eigenvalue weighted by molar-refractivity contribution is -0.117. The SMILES string of the molecule is Cc1ccc([C@@H]2C[C@@H]2C(=O)Nc2cc3cc(-c4c(OC[C@H]5COC(=O)N5)cnn4C)c(F)cn3n2)nc1. The van der Waals surface area contributed by atoms with Crippen LogP contribution in [0, 0.1) is 18.7 Å². The largest absolute Gasteiger partial charge is 0.487 e. The number of amides is 2. The van der Waals surface area contributed by atoms with E-state index in [0.29, 0.717) is 22.8 Å². The Balaban J connectivity index is 1.19. The molecule has 2 N–H and O–H groups in total. The lowest BCUT2D eigenvalue weighted by atomic mass is 10.1. The molecular weight excluding hydrogens is 481 g/mol. The maximum atomic E-state index is 15.2. The summed E-state index contributed by atoms with van der Waals surface area (Å²) < 4.78 is 28.8. The predicted octanol–water partition coefficient (Wildman–Crippen LogP) is 2.81. The summed E-state index contributed by atoms with van der Waals surface area (Å²) in [6.07, 6.45) is 4.78. The molecule has 190 valence electrons. The first-order valence-electron chi connectivity index (χ1n) is 11.9. The van der Waals surface area contributed by atoms with E-state index in [1.165, 1.54) is 21.6 Å². The van der Waals surface area contributed by atoms with Gasteiger partial charge in [0.05, 0.1) is 17.9 Å². The number of fused-ring (bicyclic) bond motifs is 1. The van der Waals surface area contributed by atoms with Gasteiger partial charge in [0, 0.05) is 42.4 Å². The highest BCUT2D eigenvalue weighted by atomic mass is 19.1. The summed E-state index contributed by atoms with van der Waals surface area (Å²) in [6, 6.07) is 6.95. The minimum atomic E-state index is -0.535. The molecule has 1 saturated carbocycles. The van der Waals surface area contributed by atoms with Crippen molar-refractivity contribution >= 4 is 23.3 Å². The molecule has 5 heterocycles. The number of alkyl carbamates (subject to hydrolysis) is 1. The average Bonchev–Trinajstić information content (AvgIpc) is 3.21. The molecule has 1 saturated heterocycles. The summed E-state index contributed by atoms with van der Waals surface area (Å²) in [5.41, 5.74) is 3.26. The fraction of sp³-hybridized carbons (Fsp3) is 0.320. The number of rotatable bonds is 7. The molecule has 0 spiro atoms. The Hall–Kier alpha value is -4.48. The number of aromatic nitrogens is 5. The van der Waals surface area contributed by atoms with Gasteiger partial charge < -0.3 is 20.1 Å². The van der Waals surface area contributed by atoms with Crippen LogP contribution in [0.1, 0.15) is 23.6 Å². The fourth-order valence-corrected chi connectivity index (χ4v) is 4.52. The Morgan fingerprint density at radius 3 is 2.95 bits per heavy atom. The number of hydrogen-bond donors (Lipinski definition) is 2. The number of ether oxygens (including phenoxy) is 2. The van der Waals surface area contributed by atoms with E-state index in [4.69, 9.17) is 9.47 Å². The summed E-state index contributed by atoms with van der Waals surface area (Å²) in [7, 11) is 1.68. The number of anilines is 1. The lowest BCUT2D eigenvalue weighted by Gasteiger charge is -2.12. The number of pyridine rings is 2. The van der Waals surface area contributed by atoms with Crippen LogP contribution in [0.25, 0.3) is 16.8 Å². The Morgan fingerprint density at radius 2 is 2.19 bits per heavy atom. The second-order valence-corrected chi connectivity index (χ2v) is 9.36. The molecule has 3 atom stereocenters. The van der Waals surface area contributed by atoms with Crippen LogP contribution in [0.2, 0.25) is 0 Å². The normalized spacial score (nSPS) is 20.5. The van der Waals surface area contributed by atoms with Crippen LogP contribution in [-0.4, -0.2) is 55.6 Å². The van der Waals surface area contributed by atoms with Crippen molar-refractivity contribution in [1.82, 2.24) is 29.7 Å². The highest BCUT2D eigenvalue weighted by molar-refractivity contribution is 5.95. The zero-order valence-electron chi connectivity index (χ0n) is 20.1. The smallest absolute Gasteiger partial charge is 0.407 e. The number of aryl methyl sites for hydroxylation is 2. The maximum absolute atomic E-state index is 15.2. The first-order chi connectivity index (χ1) is 17.9. The molecule has 6 rings (SSSR count). The Labute approximate surface area is 210 Å². The van der Waals surface area contributed by atoms with Gasteiger partial charge in [-0.1, -0.05) is 6.07 Å². The third-order valence-electron chi connectivity index (χ3n) is 6.58. The van der Waals surface area contributed by atoms with Gasteiger partial charge in [0.25, 0.3) is 0 Å². The van der Waals surface area contributed by atoms with Crippen molar-refractivity contribution in [3.8, 4) is 17.0 Å². The van der Waals surface area contributed by atoms with Crippen LogP contribution in [-0.2, 0) is 16.6 Å². The zero-order valence-corrected chi connectivity index (χ0v) is 20.1. The van der Waals surface area contributed by atoms with E-state index in [9.17, 15) is 9.59 Å². The number of carbonyl (C=O) groups excluding carboxylic acids is 2. The summed E-state index contributed by atoms with van der Waals surface area (Å²) >= 11 is 0. The van der Waals surface area contributed by atoms with Gasteiger partial charge in [-0.2, -0.15) is 5.10 Å². The summed E-state index contributed by atoms with van der Waals surface area (Å²) in [6.45, 7) is 2.32. The molecule has 2 fully saturated rings. The summed E-state index contributed by atoms with van der Waals surface area (Å²) in [5.74, 6) is -0.0496. The van der Waals surface area contributed by atoms with Crippen molar-refractivity contribution in [1.29, 1.82) is 0 Å². The molecule has 4 aromatic heterocycles. The van der Waals surface area contributed by atoms with E-state index in [1.54, 1.807) is 25.4 Å². The van der Waals surface area contributed by atoms with E-state index in [-0.39, 0.29) is 42.6 Å². The number of carbonyl (C=O) groups is 2. The van der Waals surface area contributed by atoms with Crippen LogP contribution in [0.5, 0.6) is 5.75 Å². The first kappa shape index (κ1) is 23.0. The molecule has 0 bridgehead atoms. The molecular formula is C25H24FN7O4. The topological polar surface area (TPSA) is 125 Å². The van der Waals surface area contributed by atoms with Crippen LogP contribution < -0.4 is 15.4 Å². The van der Waals surface area contributed by atoms with Gasteiger partial charge in [0.15, 0.2) is 17.4 Å². The Morgan fingerprint density at radius 1 is 1.32 bits per heavy atom. The minimum Gasteiger partial charge on any atom is -0.487 e. The Kier molecular flexibility index (Phi) is 5.50. The molecule has 11 nitrogen and oxygen atoms in total. The van der Waals surface area contributed by atoms with Gasteiger partial charge in [-0.05, 0) is 31.0 Å². The van der Waals surface area contributed by atoms with E-state index in [0.717, 1.165) is 17.7 Å². The fourth-order valence-electron chi connectivity index (χ4n) is 4.52. The van der Waals surface area contributed by atoms with Crippen molar-refractivity contribution in [3.05, 3.63) is 59.9 Å². The molecule has 0 aromatic carbocycles. The quantitative estimate of drug-likeness (QED) is 0.396. The third kappa shape index (κ3) is 4.46. The molecule has 4 aromatic rings. The van der Waals surface area contributed by atoms with Gasteiger partial charge >= 0.3 is 6.09 Å². The average molecular weight is 506 g/mol. The van der Waals surface area contributed by atoms with Crippen molar-refractivity contribution in [2.45, 2.75) is 25.3 Å². The van der Waals surface area contributed by atoms with Crippen molar-refractivity contribution in [2.75, 3.05) is 18.5 Å². The van der Waals surface area contributed by atoms with Gasteiger partial charge in [0.2, 0.25) is 5.91 Å². The minimum absolute atomic E-state index is 0.0917. The van der Waals surface area contributed by atoms with Crippen molar-refractivity contribution in [2.24, 2.45) is 13.0 Å². The molecule has 1 aliphatic carbocycles. The first-order valence-corrected chi connectivity index (χ1v) is 11.9.